The quantitative estimate of drug-likeness (QED) is 0.670. The highest BCUT2D eigenvalue weighted by Gasteiger charge is 2.07. The summed E-state index contributed by atoms with van der Waals surface area (Å²) in [5, 5.41) is 0.806. The second-order valence-electron chi connectivity index (χ2n) is 4.08. The summed E-state index contributed by atoms with van der Waals surface area (Å²) in [7, 11) is 0. The maximum atomic E-state index is 5.97. The zero-order chi connectivity index (χ0) is 13.0. The standard InChI is InChI=1S/C15H14Br2O/c1-11-5-4-7-12(9-16)15(11)18-10-13-6-2-3-8-14(13)17/h2-8H,9-10H2,1H3. The van der Waals surface area contributed by atoms with E-state index >= 15 is 0 Å². The molecular weight excluding hydrogens is 356 g/mol. The predicted octanol–water partition coefficient (Wildman–Crippen LogP) is 5.23. The molecule has 2 aromatic carbocycles. The van der Waals surface area contributed by atoms with E-state index in [-0.39, 0.29) is 0 Å². The fourth-order valence-corrected chi connectivity index (χ4v) is 2.63. The second kappa shape index (κ2) is 6.39. The lowest BCUT2D eigenvalue weighted by atomic mass is 10.1. The molecule has 94 valence electrons. The van der Waals surface area contributed by atoms with Crippen molar-refractivity contribution in [3.05, 3.63) is 63.6 Å². The molecule has 0 amide bonds. The number of hydrogen-bond acceptors (Lipinski definition) is 1. The molecule has 0 heterocycles. The number of benzene rings is 2. The van der Waals surface area contributed by atoms with Gasteiger partial charge in [-0.2, -0.15) is 0 Å². The number of halogens is 2. The summed E-state index contributed by atoms with van der Waals surface area (Å²) in [5.41, 5.74) is 3.50. The van der Waals surface area contributed by atoms with Crippen LogP contribution in [0.4, 0.5) is 0 Å². The summed E-state index contributed by atoms with van der Waals surface area (Å²) < 4.78 is 7.05. The van der Waals surface area contributed by atoms with Crippen molar-refractivity contribution in [2.24, 2.45) is 0 Å². The number of aryl methyl sites for hydroxylation is 1. The molecule has 3 heteroatoms. The van der Waals surface area contributed by atoms with Gasteiger partial charge in [0.1, 0.15) is 12.4 Å². The molecule has 0 atom stereocenters. The molecule has 18 heavy (non-hydrogen) atoms. The molecule has 0 spiro atoms. The molecule has 0 fully saturated rings. The van der Waals surface area contributed by atoms with Gasteiger partial charge in [-0.15, -0.1) is 0 Å². The summed E-state index contributed by atoms with van der Waals surface area (Å²) in [5.74, 6) is 0.977. The molecule has 0 aromatic heterocycles. The van der Waals surface area contributed by atoms with E-state index in [0.717, 1.165) is 21.1 Å². The molecule has 0 saturated heterocycles. The normalized spacial score (nSPS) is 10.4. The highest BCUT2D eigenvalue weighted by molar-refractivity contribution is 9.10. The lowest BCUT2D eigenvalue weighted by Crippen LogP contribution is -2.00. The van der Waals surface area contributed by atoms with E-state index in [1.54, 1.807) is 0 Å². The Morgan fingerprint density at radius 1 is 1.00 bits per heavy atom. The monoisotopic (exact) mass is 368 g/mol. The smallest absolute Gasteiger partial charge is 0.126 e. The molecule has 2 rings (SSSR count). The van der Waals surface area contributed by atoms with Crippen LogP contribution in [0.25, 0.3) is 0 Å². The molecule has 0 bridgehead atoms. The molecule has 0 N–H and O–H groups in total. The number of ether oxygens (including phenoxy) is 1. The highest BCUT2D eigenvalue weighted by Crippen LogP contribution is 2.27. The van der Waals surface area contributed by atoms with E-state index in [0.29, 0.717) is 6.61 Å². The van der Waals surface area contributed by atoms with Crippen LogP contribution >= 0.6 is 31.9 Å². The first-order valence-corrected chi connectivity index (χ1v) is 7.64. The van der Waals surface area contributed by atoms with Gasteiger partial charge in [-0.3, -0.25) is 0 Å². The van der Waals surface area contributed by atoms with E-state index in [1.807, 2.05) is 18.2 Å². The van der Waals surface area contributed by atoms with E-state index in [4.69, 9.17) is 4.74 Å². The van der Waals surface area contributed by atoms with Gasteiger partial charge >= 0.3 is 0 Å². The van der Waals surface area contributed by atoms with Crippen molar-refractivity contribution in [1.29, 1.82) is 0 Å². The third-order valence-electron chi connectivity index (χ3n) is 2.77. The third kappa shape index (κ3) is 3.15. The molecule has 1 nitrogen and oxygen atoms in total. The summed E-state index contributed by atoms with van der Waals surface area (Å²) in [6.07, 6.45) is 0. The molecular formula is C15H14Br2O. The Kier molecular flexibility index (Phi) is 4.84. The van der Waals surface area contributed by atoms with Crippen LogP contribution in [0, 0.1) is 6.92 Å². The van der Waals surface area contributed by atoms with Crippen molar-refractivity contribution in [1.82, 2.24) is 0 Å². The number of alkyl halides is 1. The minimum atomic E-state index is 0.576. The Morgan fingerprint density at radius 3 is 2.44 bits per heavy atom. The third-order valence-corrected chi connectivity index (χ3v) is 4.14. The minimum Gasteiger partial charge on any atom is -0.488 e. The zero-order valence-electron chi connectivity index (χ0n) is 10.1. The van der Waals surface area contributed by atoms with E-state index < -0.39 is 0 Å². The Hall–Kier alpha value is -0.800. The van der Waals surface area contributed by atoms with Crippen LogP contribution < -0.4 is 4.74 Å². The Bertz CT molecular complexity index is 538. The van der Waals surface area contributed by atoms with Gasteiger partial charge in [-0.05, 0) is 18.6 Å². The Balaban J connectivity index is 2.18. The minimum absolute atomic E-state index is 0.576. The van der Waals surface area contributed by atoms with Gasteiger partial charge in [0.15, 0.2) is 0 Å². The molecule has 0 radical (unpaired) electrons. The fourth-order valence-electron chi connectivity index (χ4n) is 1.79. The first-order valence-electron chi connectivity index (χ1n) is 5.73. The lowest BCUT2D eigenvalue weighted by molar-refractivity contribution is 0.301. The van der Waals surface area contributed by atoms with Crippen molar-refractivity contribution in [3.63, 3.8) is 0 Å². The summed E-state index contributed by atoms with van der Waals surface area (Å²) in [6, 6.07) is 14.3. The SMILES string of the molecule is Cc1cccc(CBr)c1OCc1ccccc1Br. The summed E-state index contributed by atoms with van der Waals surface area (Å²) >= 11 is 7.03. The number of para-hydroxylation sites is 1. The van der Waals surface area contributed by atoms with Crippen molar-refractivity contribution >= 4 is 31.9 Å². The summed E-state index contributed by atoms with van der Waals surface area (Å²) in [4.78, 5) is 0. The van der Waals surface area contributed by atoms with Crippen molar-refractivity contribution in [2.75, 3.05) is 0 Å². The van der Waals surface area contributed by atoms with Crippen LogP contribution in [-0.4, -0.2) is 0 Å². The average molecular weight is 370 g/mol. The van der Waals surface area contributed by atoms with E-state index in [9.17, 15) is 0 Å². The van der Waals surface area contributed by atoms with Crippen LogP contribution in [-0.2, 0) is 11.9 Å². The Morgan fingerprint density at radius 2 is 1.72 bits per heavy atom. The van der Waals surface area contributed by atoms with Gasteiger partial charge in [0.2, 0.25) is 0 Å². The number of hydrogen-bond donors (Lipinski definition) is 0. The van der Waals surface area contributed by atoms with Crippen LogP contribution in [0.2, 0.25) is 0 Å². The van der Waals surface area contributed by atoms with Gasteiger partial charge in [0.05, 0.1) is 0 Å². The van der Waals surface area contributed by atoms with Crippen LogP contribution in [0.1, 0.15) is 16.7 Å². The van der Waals surface area contributed by atoms with Gasteiger partial charge < -0.3 is 4.74 Å². The molecule has 0 unspecified atom stereocenters. The number of rotatable bonds is 4. The lowest BCUT2D eigenvalue weighted by Gasteiger charge is -2.13. The summed E-state index contributed by atoms with van der Waals surface area (Å²) in [6.45, 7) is 2.65. The second-order valence-corrected chi connectivity index (χ2v) is 5.49. The van der Waals surface area contributed by atoms with Crippen molar-refractivity contribution in [3.8, 4) is 5.75 Å². The van der Waals surface area contributed by atoms with Crippen LogP contribution in [0.15, 0.2) is 46.9 Å². The maximum absolute atomic E-state index is 5.97. The zero-order valence-corrected chi connectivity index (χ0v) is 13.3. The van der Waals surface area contributed by atoms with Gasteiger partial charge in [0, 0.05) is 20.9 Å². The molecule has 0 saturated carbocycles. The van der Waals surface area contributed by atoms with Crippen molar-refractivity contribution < 1.29 is 4.74 Å². The highest BCUT2D eigenvalue weighted by atomic mass is 79.9. The van der Waals surface area contributed by atoms with E-state index in [2.05, 4.69) is 63.0 Å². The van der Waals surface area contributed by atoms with Gasteiger partial charge in [0.25, 0.3) is 0 Å². The van der Waals surface area contributed by atoms with Crippen LogP contribution in [0.5, 0.6) is 5.75 Å². The predicted molar refractivity (Wildman–Crippen MR) is 82.3 cm³/mol. The fraction of sp³-hybridized carbons (Fsp3) is 0.200. The molecule has 0 aliphatic heterocycles. The molecule has 0 aliphatic carbocycles. The first-order chi connectivity index (χ1) is 8.72. The van der Waals surface area contributed by atoms with Crippen LogP contribution in [0.3, 0.4) is 0 Å². The first kappa shape index (κ1) is 13.6. The van der Waals surface area contributed by atoms with Gasteiger partial charge in [-0.1, -0.05) is 68.3 Å². The molecule has 0 aliphatic rings. The topological polar surface area (TPSA) is 9.23 Å². The average Bonchev–Trinajstić information content (AvgIpc) is 2.39. The molecule has 2 aromatic rings. The van der Waals surface area contributed by atoms with Gasteiger partial charge in [-0.25, -0.2) is 0 Å². The maximum Gasteiger partial charge on any atom is 0.126 e. The largest absolute Gasteiger partial charge is 0.488 e. The van der Waals surface area contributed by atoms with Crippen molar-refractivity contribution in [2.45, 2.75) is 18.9 Å². The Labute approximate surface area is 124 Å². The van der Waals surface area contributed by atoms with E-state index in [1.165, 1.54) is 11.1 Å².